The second-order valence-corrected chi connectivity index (χ2v) is 3.96. The number of anilines is 1. The van der Waals surface area contributed by atoms with Gasteiger partial charge >= 0.3 is 6.01 Å². The summed E-state index contributed by atoms with van der Waals surface area (Å²) in [4.78, 5) is 4.30. The predicted molar refractivity (Wildman–Crippen MR) is 73.4 cm³/mol. The van der Waals surface area contributed by atoms with Crippen molar-refractivity contribution in [2.45, 2.75) is 0 Å². The second-order valence-electron chi connectivity index (χ2n) is 3.96. The molecule has 3 aromatic rings. The van der Waals surface area contributed by atoms with Crippen LogP contribution in [0.25, 0.3) is 11.0 Å². The van der Waals surface area contributed by atoms with Crippen LogP contribution in [0.3, 0.4) is 0 Å². The van der Waals surface area contributed by atoms with E-state index < -0.39 is 0 Å². The highest BCUT2D eigenvalue weighted by molar-refractivity contribution is 5.73. The van der Waals surface area contributed by atoms with Crippen LogP contribution in [-0.4, -0.2) is 22.2 Å². The molecule has 0 bridgehead atoms. The van der Waals surface area contributed by atoms with Crippen molar-refractivity contribution in [3.8, 4) is 11.8 Å². The molecule has 1 heterocycles. The number of hydrogen-bond acceptors (Lipinski definition) is 5. The van der Waals surface area contributed by atoms with Crippen LogP contribution in [0.1, 0.15) is 0 Å². The first-order valence-corrected chi connectivity index (χ1v) is 5.90. The number of hydrogen-bond donors (Lipinski definition) is 1. The zero-order valence-electron chi connectivity index (χ0n) is 10.4. The fourth-order valence-electron chi connectivity index (χ4n) is 1.70. The van der Waals surface area contributed by atoms with Crippen molar-refractivity contribution in [2.24, 2.45) is 0 Å². The molecule has 0 aliphatic carbocycles. The van der Waals surface area contributed by atoms with E-state index in [1.54, 1.807) is 0 Å². The van der Waals surface area contributed by atoms with Gasteiger partial charge in [-0.1, -0.05) is 17.2 Å². The Kier molecular flexibility index (Phi) is 2.94. The van der Waals surface area contributed by atoms with Gasteiger partial charge in [-0.25, -0.2) is 0 Å². The molecule has 0 saturated heterocycles. The highest BCUT2D eigenvalue weighted by Crippen LogP contribution is 2.20. The number of benzene rings is 2. The van der Waals surface area contributed by atoms with Gasteiger partial charge in [-0.05, 0) is 36.4 Å². The van der Waals surface area contributed by atoms with Crippen molar-refractivity contribution < 1.29 is 4.74 Å². The van der Waals surface area contributed by atoms with Crippen molar-refractivity contribution in [3.63, 3.8) is 0 Å². The third-order valence-corrected chi connectivity index (χ3v) is 2.69. The van der Waals surface area contributed by atoms with Crippen LogP contribution in [0.2, 0.25) is 0 Å². The fraction of sp³-hybridized carbons (Fsp3) is 0.0714. The van der Waals surface area contributed by atoms with Crippen molar-refractivity contribution in [3.05, 3.63) is 48.5 Å². The smallest absolute Gasteiger partial charge is 0.341 e. The normalized spacial score (nSPS) is 10.4. The van der Waals surface area contributed by atoms with Crippen LogP contribution in [0.5, 0.6) is 11.8 Å². The zero-order chi connectivity index (χ0) is 13.1. The van der Waals surface area contributed by atoms with Gasteiger partial charge in [-0.2, -0.15) is 4.98 Å². The lowest BCUT2D eigenvalue weighted by Gasteiger charge is -2.05. The average molecular weight is 252 g/mol. The van der Waals surface area contributed by atoms with Crippen molar-refractivity contribution in [1.29, 1.82) is 0 Å². The third-order valence-electron chi connectivity index (χ3n) is 2.69. The summed E-state index contributed by atoms with van der Waals surface area (Å²) in [5.74, 6) is 0.677. The summed E-state index contributed by atoms with van der Waals surface area (Å²) in [5.41, 5.74) is 2.53. The maximum Gasteiger partial charge on any atom is 0.341 e. The molecule has 0 unspecified atom stereocenters. The molecule has 0 aliphatic rings. The summed E-state index contributed by atoms with van der Waals surface area (Å²) in [5, 5.41) is 11.1. The van der Waals surface area contributed by atoms with E-state index in [-0.39, 0.29) is 6.01 Å². The van der Waals surface area contributed by atoms with Crippen molar-refractivity contribution >= 4 is 16.7 Å². The number of nitrogens with one attached hydrogen (secondary N) is 1. The summed E-state index contributed by atoms with van der Waals surface area (Å²) < 4.78 is 5.57. The van der Waals surface area contributed by atoms with E-state index in [0.29, 0.717) is 5.75 Å². The first kappa shape index (κ1) is 11.4. The molecule has 1 aromatic heterocycles. The topological polar surface area (TPSA) is 59.9 Å². The molecule has 19 heavy (non-hydrogen) atoms. The number of fused-ring (bicyclic) bond motifs is 1. The van der Waals surface area contributed by atoms with E-state index in [0.717, 1.165) is 16.7 Å². The number of rotatable bonds is 3. The van der Waals surface area contributed by atoms with Crippen LogP contribution >= 0.6 is 0 Å². The number of nitrogens with zero attached hydrogens (tertiary/aromatic N) is 3. The molecule has 0 radical (unpaired) electrons. The van der Waals surface area contributed by atoms with Gasteiger partial charge in [-0.3, -0.25) is 0 Å². The van der Waals surface area contributed by atoms with E-state index in [1.807, 2.05) is 55.6 Å². The van der Waals surface area contributed by atoms with Gasteiger partial charge in [0.15, 0.2) is 0 Å². The predicted octanol–water partition coefficient (Wildman–Crippen LogP) is 2.86. The summed E-state index contributed by atoms with van der Waals surface area (Å²) >= 11 is 0. The molecule has 5 heteroatoms. The van der Waals surface area contributed by atoms with Gasteiger partial charge in [0.1, 0.15) is 11.3 Å². The molecule has 1 N–H and O–H groups in total. The Morgan fingerprint density at radius 1 is 0.895 bits per heavy atom. The van der Waals surface area contributed by atoms with Gasteiger partial charge in [0.25, 0.3) is 0 Å². The molecular weight excluding hydrogens is 240 g/mol. The Labute approximate surface area is 110 Å². The van der Waals surface area contributed by atoms with E-state index in [1.165, 1.54) is 0 Å². The SMILES string of the molecule is CNc1ccc(Oc2nnc3ccccc3n2)cc1. The minimum Gasteiger partial charge on any atom is -0.423 e. The third kappa shape index (κ3) is 2.44. The first-order chi connectivity index (χ1) is 9.35. The van der Waals surface area contributed by atoms with Crippen molar-refractivity contribution in [2.75, 3.05) is 12.4 Å². The number of ether oxygens (including phenoxy) is 1. The van der Waals surface area contributed by atoms with Crippen LogP contribution in [0, 0.1) is 0 Å². The Bertz CT molecular complexity index is 697. The van der Waals surface area contributed by atoms with E-state index in [9.17, 15) is 0 Å². The van der Waals surface area contributed by atoms with Crippen LogP contribution in [0.4, 0.5) is 5.69 Å². The lowest BCUT2D eigenvalue weighted by Crippen LogP contribution is -1.95. The molecule has 0 saturated carbocycles. The Morgan fingerprint density at radius 3 is 2.37 bits per heavy atom. The maximum atomic E-state index is 5.57. The van der Waals surface area contributed by atoms with Gasteiger partial charge in [0.2, 0.25) is 0 Å². The number of aromatic nitrogens is 3. The molecule has 0 aliphatic heterocycles. The average Bonchev–Trinajstić information content (AvgIpc) is 2.48. The number of para-hydroxylation sites is 1. The Balaban J connectivity index is 1.87. The van der Waals surface area contributed by atoms with E-state index in [2.05, 4.69) is 20.5 Å². The fourth-order valence-corrected chi connectivity index (χ4v) is 1.70. The summed E-state index contributed by atoms with van der Waals surface area (Å²) in [6.07, 6.45) is 0. The quantitative estimate of drug-likeness (QED) is 0.776. The van der Waals surface area contributed by atoms with E-state index >= 15 is 0 Å². The Morgan fingerprint density at radius 2 is 1.63 bits per heavy atom. The van der Waals surface area contributed by atoms with Crippen molar-refractivity contribution in [1.82, 2.24) is 15.2 Å². The van der Waals surface area contributed by atoms with Gasteiger partial charge < -0.3 is 10.1 Å². The second kappa shape index (κ2) is 4.89. The lowest BCUT2D eigenvalue weighted by molar-refractivity contribution is 0.437. The molecule has 2 aromatic carbocycles. The maximum absolute atomic E-state index is 5.57. The van der Waals surface area contributed by atoms with Gasteiger partial charge in [0.05, 0.1) is 5.52 Å². The minimum absolute atomic E-state index is 0.246. The Hall–Kier alpha value is -2.69. The largest absolute Gasteiger partial charge is 0.423 e. The molecule has 0 spiro atoms. The highest BCUT2D eigenvalue weighted by Gasteiger charge is 2.03. The zero-order valence-corrected chi connectivity index (χ0v) is 10.4. The minimum atomic E-state index is 0.246. The molecule has 5 nitrogen and oxygen atoms in total. The van der Waals surface area contributed by atoms with Crippen LogP contribution < -0.4 is 10.1 Å². The van der Waals surface area contributed by atoms with Gasteiger partial charge in [0, 0.05) is 12.7 Å². The first-order valence-electron chi connectivity index (χ1n) is 5.90. The monoisotopic (exact) mass is 252 g/mol. The van der Waals surface area contributed by atoms with E-state index in [4.69, 9.17) is 4.74 Å². The van der Waals surface area contributed by atoms with Crippen LogP contribution in [-0.2, 0) is 0 Å². The molecule has 0 amide bonds. The molecule has 0 atom stereocenters. The van der Waals surface area contributed by atoms with Crippen LogP contribution in [0.15, 0.2) is 48.5 Å². The summed E-state index contributed by atoms with van der Waals surface area (Å²) in [7, 11) is 1.87. The molecule has 94 valence electrons. The molecule has 0 fully saturated rings. The summed E-state index contributed by atoms with van der Waals surface area (Å²) in [6, 6.07) is 15.3. The summed E-state index contributed by atoms with van der Waals surface area (Å²) in [6.45, 7) is 0. The molecule has 3 rings (SSSR count). The highest BCUT2D eigenvalue weighted by atomic mass is 16.5. The van der Waals surface area contributed by atoms with Gasteiger partial charge in [-0.15, -0.1) is 5.10 Å². The lowest BCUT2D eigenvalue weighted by atomic mass is 10.3. The standard InChI is InChI=1S/C14H12N4O/c1-15-10-6-8-11(9-7-10)19-14-16-12-4-2-3-5-13(12)17-18-14/h2-9,15H,1H3. The molecular formula is C14H12N4O.